The van der Waals surface area contributed by atoms with Gasteiger partial charge in [-0.25, -0.2) is 4.98 Å². The van der Waals surface area contributed by atoms with Gasteiger partial charge in [-0.15, -0.1) is 0 Å². The van der Waals surface area contributed by atoms with Crippen LogP contribution in [-0.4, -0.2) is 23.6 Å². The van der Waals surface area contributed by atoms with Gasteiger partial charge in [0.2, 0.25) is 5.95 Å². The van der Waals surface area contributed by atoms with Gasteiger partial charge in [-0.3, -0.25) is 0 Å². The Kier molecular flexibility index (Phi) is 5.38. The molecule has 0 bridgehead atoms. The van der Waals surface area contributed by atoms with Gasteiger partial charge in [0, 0.05) is 30.1 Å². The summed E-state index contributed by atoms with van der Waals surface area (Å²) in [5, 5.41) is 6.48. The highest BCUT2D eigenvalue weighted by molar-refractivity contribution is 9.10. The lowest BCUT2D eigenvalue weighted by Crippen LogP contribution is -2.06. The molecule has 0 unspecified atom stereocenters. The Balaban J connectivity index is 2.22. The number of hydrogen-bond acceptors (Lipinski definition) is 5. The summed E-state index contributed by atoms with van der Waals surface area (Å²) in [6, 6.07) is 5.83. The van der Waals surface area contributed by atoms with Gasteiger partial charge in [0.05, 0.1) is 11.6 Å². The summed E-state index contributed by atoms with van der Waals surface area (Å²) in [6.45, 7) is 4.94. The second-order valence-corrected chi connectivity index (χ2v) is 5.48. The van der Waals surface area contributed by atoms with Crippen LogP contribution in [0.2, 0.25) is 0 Å². The number of ether oxygens (including phenoxy) is 1. The number of halogens is 1. The lowest BCUT2D eigenvalue weighted by atomic mass is 10.3. The number of aryl methyl sites for hydroxylation is 1. The van der Waals surface area contributed by atoms with Crippen molar-refractivity contribution in [3.8, 4) is 5.75 Å². The molecule has 1 aromatic heterocycles. The van der Waals surface area contributed by atoms with Gasteiger partial charge in [0.15, 0.2) is 0 Å². The third-order valence-corrected chi connectivity index (χ3v) is 3.57. The molecule has 0 atom stereocenters. The summed E-state index contributed by atoms with van der Waals surface area (Å²) in [5.41, 5.74) is 1.90. The summed E-state index contributed by atoms with van der Waals surface area (Å²) >= 11 is 3.44. The maximum absolute atomic E-state index is 5.30. The van der Waals surface area contributed by atoms with Crippen LogP contribution in [0.25, 0.3) is 0 Å². The number of benzene rings is 1. The van der Waals surface area contributed by atoms with Crippen LogP contribution >= 0.6 is 15.9 Å². The van der Waals surface area contributed by atoms with Crippen LogP contribution in [0.3, 0.4) is 0 Å². The van der Waals surface area contributed by atoms with E-state index in [4.69, 9.17) is 4.74 Å². The summed E-state index contributed by atoms with van der Waals surface area (Å²) in [7, 11) is 1.65. The zero-order chi connectivity index (χ0) is 15.2. The average molecular weight is 351 g/mol. The molecule has 2 aromatic rings. The van der Waals surface area contributed by atoms with Gasteiger partial charge in [-0.1, -0.05) is 6.92 Å². The van der Waals surface area contributed by atoms with Crippen molar-refractivity contribution in [1.82, 2.24) is 9.97 Å². The quantitative estimate of drug-likeness (QED) is 0.820. The molecule has 0 amide bonds. The monoisotopic (exact) mass is 350 g/mol. The molecular weight excluding hydrogens is 332 g/mol. The molecule has 0 aliphatic carbocycles. The van der Waals surface area contributed by atoms with Gasteiger partial charge in [0.25, 0.3) is 0 Å². The minimum absolute atomic E-state index is 0.633. The van der Waals surface area contributed by atoms with E-state index in [2.05, 4.69) is 43.5 Å². The lowest BCUT2D eigenvalue weighted by Gasteiger charge is -2.12. The first kappa shape index (κ1) is 15.6. The molecule has 0 radical (unpaired) electrons. The zero-order valence-electron chi connectivity index (χ0n) is 12.4. The highest BCUT2D eigenvalue weighted by Gasteiger charge is 2.06. The predicted octanol–water partition coefficient (Wildman–Crippen LogP) is 4.12. The van der Waals surface area contributed by atoms with Crippen molar-refractivity contribution in [2.75, 3.05) is 24.3 Å². The number of nitrogens with zero attached hydrogens (tertiary/aromatic N) is 2. The molecule has 0 aliphatic heterocycles. The highest BCUT2D eigenvalue weighted by Crippen LogP contribution is 2.29. The van der Waals surface area contributed by atoms with E-state index in [1.165, 1.54) is 0 Å². The highest BCUT2D eigenvalue weighted by atomic mass is 79.9. The van der Waals surface area contributed by atoms with Crippen LogP contribution in [0, 0.1) is 6.92 Å². The minimum atomic E-state index is 0.633. The SMILES string of the molecule is CCCNc1ncc(C)c(Nc2ccc(Br)c(OC)c2)n1. The first-order chi connectivity index (χ1) is 10.1. The van der Waals surface area contributed by atoms with Crippen molar-refractivity contribution in [3.05, 3.63) is 34.4 Å². The number of hydrogen-bond donors (Lipinski definition) is 2. The standard InChI is InChI=1S/C15H19BrN4O/c1-4-7-17-15-18-9-10(2)14(20-15)19-11-5-6-12(16)13(8-11)21-3/h5-6,8-9H,4,7H2,1-3H3,(H2,17,18,19,20). The van der Waals surface area contributed by atoms with Gasteiger partial charge in [-0.2, -0.15) is 4.98 Å². The zero-order valence-corrected chi connectivity index (χ0v) is 14.0. The Morgan fingerprint density at radius 2 is 2.14 bits per heavy atom. The molecule has 1 heterocycles. The van der Waals surface area contributed by atoms with E-state index in [1.54, 1.807) is 7.11 Å². The number of nitrogens with one attached hydrogen (secondary N) is 2. The van der Waals surface area contributed by atoms with Gasteiger partial charge in [0.1, 0.15) is 11.6 Å². The molecule has 0 fully saturated rings. The smallest absolute Gasteiger partial charge is 0.224 e. The molecule has 2 rings (SSSR count). The number of methoxy groups -OCH3 is 1. The van der Waals surface area contributed by atoms with E-state index >= 15 is 0 Å². The molecular formula is C15H19BrN4O. The fourth-order valence-electron chi connectivity index (χ4n) is 1.76. The van der Waals surface area contributed by atoms with Crippen molar-refractivity contribution in [2.24, 2.45) is 0 Å². The fraction of sp³-hybridized carbons (Fsp3) is 0.333. The van der Waals surface area contributed by atoms with E-state index in [-0.39, 0.29) is 0 Å². The van der Waals surface area contributed by atoms with Crippen LogP contribution in [0.4, 0.5) is 17.5 Å². The Morgan fingerprint density at radius 1 is 1.33 bits per heavy atom. The topological polar surface area (TPSA) is 59.1 Å². The van der Waals surface area contributed by atoms with Crippen LogP contribution in [-0.2, 0) is 0 Å². The third-order valence-electron chi connectivity index (χ3n) is 2.92. The second-order valence-electron chi connectivity index (χ2n) is 4.63. The molecule has 0 saturated heterocycles. The molecule has 21 heavy (non-hydrogen) atoms. The van der Waals surface area contributed by atoms with Crippen LogP contribution < -0.4 is 15.4 Å². The van der Waals surface area contributed by atoms with E-state index in [0.29, 0.717) is 5.95 Å². The maximum Gasteiger partial charge on any atom is 0.224 e. The Labute approximate surface area is 133 Å². The lowest BCUT2D eigenvalue weighted by molar-refractivity contribution is 0.412. The van der Waals surface area contributed by atoms with Crippen molar-refractivity contribution in [1.29, 1.82) is 0 Å². The second kappa shape index (κ2) is 7.26. The van der Waals surface area contributed by atoms with Gasteiger partial charge < -0.3 is 15.4 Å². The maximum atomic E-state index is 5.30. The predicted molar refractivity (Wildman–Crippen MR) is 89.5 cm³/mol. The van der Waals surface area contributed by atoms with E-state index in [9.17, 15) is 0 Å². The Bertz CT molecular complexity index is 619. The Morgan fingerprint density at radius 3 is 2.86 bits per heavy atom. The minimum Gasteiger partial charge on any atom is -0.495 e. The van der Waals surface area contributed by atoms with E-state index in [0.717, 1.165) is 40.3 Å². The number of aromatic nitrogens is 2. The molecule has 0 spiro atoms. The van der Waals surface area contributed by atoms with Gasteiger partial charge in [-0.05, 0) is 41.4 Å². The molecule has 0 saturated carbocycles. The van der Waals surface area contributed by atoms with Crippen LogP contribution in [0.5, 0.6) is 5.75 Å². The summed E-state index contributed by atoms with van der Waals surface area (Å²) < 4.78 is 6.22. The molecule has 112 valence electrons. The molecule has 1 aromatic carbocycles. The summed E-state index contributed by atoms with van der Waals surface area (Å²) in [4.78, 5) is 8.77. The first-order valence-corrected chi connectivity index (χ1v) is 7.61. The van der Waals surface area contributed by atoms with E-state index in [1.807, 2.05) is 31.3 Å². The van der Waals surface area contributed by atoms with Crippen molar-refractivity contribution >= 4 is 33.4 Å². The average Bonchev–Trinajstić information content (AvgIpc) is 2.50. The van der Waals surface area contributed by atoms with Gasteiger partial charge >= 0.3 is 0 Å². The molecule has 0 aliphatic rings. The molecule has 6 heteroatoms. The Hall–Kier alpha value is -1.82. The fourth-order valence-corrected chi connectivity index (χ4v) is 2.17. The third kappa shape index (κ3) is 4.07. The summed E-state index contributed by atoms with van der Waals surface area (Å²) in [6.07, 6.45) is 2.84. The molecule has 5 nitrogen and oxygen atoms in total. The normalized spacial score (nSPS) is 10.3. The first-order valence-electron chi connectivity index (χ1n) is 6.82. The number of rotatable bonds is 6. The largest absolute Gasteiger partial charge is 0.495 e. The number of anilines is 3. The van der Waals surface area contributed by atoms with Crippen molar-refractivity contribution < 1.29 is 4.74 Å². The summed E-state index contributed by atoms with van der Waals surface area (Å²) in [5.74, 6) is 2.19. The van der Waals surface area contributed by atoms with Crippen molar-refractivity contribution in [3.63, 3.8) is 0 Å². The van der Waals surface area contributed by atoms with E-state index < -0.39 is 0 Å². The molecule has 2 N–H and O–H groups in total. The van der Waals surface area contributed by atoms with Crippen LogP contribution in [0.15, 0.2) is 28.9 Å². The van der Waals surface area contributed by atoms with Crippen molar-refractivity contribution in [2.45, 2.75) is 20.3 Å². The van der Waals surface area contributed by atoms with Crippen LogP contribution in [0.1, 0.15) is 18.9 Å².